The number of hydrogen-bond donors (Lipinski definition) is 1. The van der Waals surface area contributed by atoms with Crippen LogP contribution in [-0.2, 0) is 18.5 Å². The van der Waals surface area contributed by atoms with Crippen molar-refractivity contribution in [1.82, 2.24) is 24.5 Å². The highest BCUT2D eigenvalue weighted by Crippen LogP contribution is 2.30. The summed E-state index contributed by atoms with van der Waals surface area (Å²) < 4.78 is 4.30. The van der Waals surface area contributed by atoms with Gasteiger partial charge in [-0.15, -0.1) is 0 Å². The van der Waals surface area contributed by atoms with Crippen LogP contribution in [0.15, 0.2) is 36.8 Å². The molecule has 5 heteroatoms. The van der Waals surface area contributed by atoms with Gasteiger partial charge < -0.3 is 9.88 Å². The number of hydrogen-bond acceptors (Lipinski definition) is 3. The summed E-state index contributed by atoms with van der Waals surface area (Å²) in [5, 5.41) is 8.04. The third kappa shape index (κ3) is 3.21. The number of imidazole rings is 1. The number of aryl methyl sites for hydroxylation is 1. The van der Waals surface area contributed by atoms with Gasteiger partial charge in [0.15, 0.2) is 0 Å². The molecule has 132 valence electrons. The summed E-state index contributed by atoms with van der Waals surface area (Å²) in [5.74, 6) is 1.75. The molecule has 1 N–H and O–H groups in total. The molecule has 1 atom stereocenters. The standard InChI is InChI=1S/C20H27N5/c1-20(2,3)18-14-24-9-6-7-15(19(24)23-18)11-21-12-16-13-22-25-10-5-4-8-17(16)25/h4-5,8,10,13-15,21H,6-7,9,11-12H2,1-3H3. The predicted molar refractivity (Wildman–Crippen MR) is 99.8 cm³/mol. The fraction of sp³-hybridized carbons (Fsp3) is 0.500. The van der Waals surface area contributed by atoms with Gasteiger partial charge in [0.05, 0.1) is 17.4 Å². The smallest absolute Gasteiger partial charge is 0.113 e. The topological polar surface area (TPSA) is 47.2 Å². The fourth-order valence-electron chi connectivity index (χ4n) is 3.63. The normalized spacial score (nSPS) is 17.8. The first-order valence-corrected chi connectivity index (χ1v) is 9.22. The zero-order chi connectivity index (χ0) is 17.4. The van der Waals surface area contributed by atoms with Gasteiger partial charge in [0.2, 0.25) is 0 Å². The Morgan fingerprint density at radius 1 is 1.28 bits per heavy atom. The minimum Gasteiger partial charge on any atom is -0.334 e. The second kappa shape index (κ2) is 6.30. The molecule has 1 unspecified atom stereocenters. The van der Waals surface area contributed by atoms with E-state index in [1.807, 2.05) is 23.0 Å². The molecule has 0 bridgehead atoms. The Bertz CT molecular complexity index is 868. The Balaban J connectivity index is 1.45. The number of fused-ring (bicyclic) bond motifs is 2. The van der Waals surface area contributed by atoms with Crippen molar-refractivity contribution in [3.05, 3.63) is 53.9 Å². The molecule has 0 amide bonds. The molecule has 0 spiro atoms. The van der Waals surface area contributed by atoms with Crippen LogP contribution in [0.3, 0.4) is 0 Å². The van der Waals surface area contributed by atoms with Crippen LogP contribution in [0.2, 0.25) is 0 Å². The maximum atomic E-state index is 4.98. The number of pyridine rings is 1. The van der Waals surface area contributed by atoms with Crippen LogP contribution in [0.4, 0.5) is 0 Å². The molecule has 0 fully saturated rings. The Morgan fingerprint density at radius 2 is 2.16 bits per heavy atom. The highest BCUT2D eigenvalue weighted by molar-refractivity contribution is 5.53. The van der Waals surface area contributed by atoms with Crippen molar-refractivity contribution in [2.24, 2.45) is 0 Å². The first-order chi connectivity index (χ1) is 12.0. The van der Waals surface area contributed by atoms with Crippen molar-refractivity contribution in [3.63, 3.8) is 0 Å². The lowest BCUT2D eigenvalue weighted by atomic mass is 9.93. The van der Waals surface area contributed by atoms with E-state index in [4.69, 9.17) is 4.98 Å². The fourth-order valence-corrected chi connectivity index (χ4v) is 3.63. The molecule has 0 aliphatic carbocycles. The molecule has 4 heterocycles. The molecular formula is C20H27N5. The zero-order valence-electron chi connectivity index (χ0n) is 15.4. The molecular weight excluding hydrogens is 310 g/mol. The molecule has 3 aromatic rings. The van der Waals surface area contributed by atoms with Gasteiger partial charge >= 0.3 is 0 Å². The molecule has 1 aliphatic heterocycles. The van der Waals surface area contributed by atoms with Gasteiger partial charge in [-0.1, -0.05) is 26.8 Å². The van der Waals surface area contributed by atoms with E-state index >= 15 is 0 Å². The van der Waals surface area contributed by atoms with E-state index in [1.54, 1.807) is 0 Å². The number of nitrogens with one attached hydrogen (secondary N) is 1. The summed E-state index contributed by atoms with van der Waals surface area (Å²) in [4.78, 5) is 4.98. The molecule has 0 saturated heterocycles. The van der Waals surface area contributed by atoms with Gasteiger partial charge in [-0.05, 0) is 25.0 Å². The summed E-state index contributed by atoms with van der Waals surface area (Å²) in [5.41, 5.74) is 3.74. The highest BCUT2D eigenvalue weighted by Gasteiger charge is 2.26. The molecule has 4 rings (SSSR count). The van der Waals surface area contributed by atoms with Gasteiger partial charge in [0, 0.05) is 48.9 Å². The average Bonchev–Trinajstić information content (AvgIpc) is 3.19. The van der Waals surface area contributed by atoms with E-state index in [-0.39, 0.29) is 5.41 Å². The molecule has 25 heavy (non-hydrogen) atoms. The van der Waals surface area contributed by atoms with Gasteiger partial charge in [0.1, 0.15) is 5.82 Å². The lowest BCUT2D eigenvalue weighted by molar-refractivity contribution is 0.423. The lowest BCUT2D eigenvalue weighted by Gasteiger charge is -2.23. The number of nitrogens with zero attached hydrogens (tertiary/aromatic N) is 4. The number of aromatic nitrogens is 4. The maximum absolute atomic E-state index is 4.98. The number of rotatable bonds is 4. The van der Waals surface area contributed by atoms with Crippen molar-refractivity contribution in [2.75, 3.05) is 6.54 Å². The summed E-state index contributed by atoms with van der Waals surface area (Å²) >= 11 is 0. The molecule has 3 aromatic heterocycles. The molecule has 0 radical (unpaired) electrons. The van der Waals surface area contributed by atoms with Gasteiger partial charge in [-0.2, -0.15) is 5.10 Å². The third-order valence-electron chi connectivity index (χ3n) is 5.11. The van der Waals surface area contributed by atoms with E-state index in [9.17, 15) is 0 Å². The quantitative estimate of drug-likeness (QED) is 0.793. The van der Waals surface area contributed by atoms with Crippen LogP contribution in [-0.4, -0.2) is 25.7 Å². The van der Waals surface area contributed by atoms with Crippen molar-refractivity contribution in [2.45, 2.75) is 58.0 Å². The Kier molecular flexibility index (Phi) is 4.12. The zero-order valence-corrected chi connectivity index (χ0v) is 15.4. The van der Waals surface area contributed by atoms with Crippen molar-refractivity contribution in [1.29, 1.82) is 0 Å². The molecule has 0 aromatic carbocycles. The van der Waals surface area contributed by atoms with Crippen molar-refractivity contribution in [3.8, 4) is 0 Å². The first kappa shape index (κ1) is 16.3. The summed E-state index contributed by atoms with van der Waals surface area (Å²) in [6.45, 7) is 9.62. The Hall–Kier alpha value is -2.14. The van der Waals surface area contributed by atoms with Crippen molar-refractivity contribution < 1.29 is 0 Å². The van der Waals surface area contributed by atoms with Gasteiger partial charge in [-0.25, -0.2) is 9.50 Å². The van der Waals surface area contributed by atoms with Crippen LogP contribution in [0.1, 0.15) is 56.6 Å². The van der Waals surface area contributed by atoms with E-state index in [0.29, 0.717) is 5.92 Å². The molecule has 0 saturated carbocycles. The van der Waals surface area contributed by atoms with E-state index in [0.717, 1.165) is 19.6 Å². The van der Waals surface area contributed by atoms with E-state index < -0.39 is 0 Å². The van der Waals surface area contributed by atoms with Gasteiger partial charge in [-0.3, -0.25) is 0 Å². The van der Waals surface area contributed by atoms with Crippen LogP contribution >= 0.6 is 0 Å². The Labute approximate surface area is 149 Å². The average molecular weight is 337 g/mol. The van der Waals surface area contributed by atoms with Crippen LogP contribution in [0, 0.1) is 0 Å². The Morgan fingerprint density at radius 3 is 3.00 bits per heavy atom. The third-order valence-corrected chi connectivity index (χ3v) is 5.11. The second-order valence-corrected chi connectivity index (χ2v) is 8.10. The lowest BCUT2D eigenvalue weighted by Crippen LogP contribution is -2.26. The van der Waals surface area contributed by atoms with E-state index in [2.05, 4.69) is 54.1 Å². The summed E-state index contributed by atoms with van der Waals surface area (Å²) in [7, 11) is 0. The second-order valence-electron chi connectivity index (χ2n) is 8.10. The van der Waals surface area contributed by atoms with Crippen LogP contribution in [0.5, 0.6) is 0 Å². The first-order valence-electron chi connectivity index (χ1n) is 9.22. The maximum Gasteiger partial charge on any atom is 0.113 e. The SMILES string of the molecule is CC(C)(C)c1cn2c(n1)C(CNCc1cnn3ccccc13)CCC2. The predicted octanol–water partition coefficient (Wildman–Crippen LogP) is 3.50. The minimum atomic E-state index is 0.111. The van der Waals surface area contributed by atoms with E-state index in [1.165, 1.54) is 35.4 Å². The summed E-state index contributed by atoms with van der Waals surface area (Å²) in [6, 6.07) is 6.19. The highest BCUT2D eigenvalue weighted by atomic mass is 15.2. The summed E-state index contributed by atoms with van der Waals surface area (Å²) in [6.07, 6.45) is 8.65. The van der Waals surface area contributed by atoms with Crippen LogP contribution in [0.25, 0.3) is 5.52 Å². The minimum absolute atomic E-state index is 0.111. The van der Waals surface area contributed by atoms with Crippen LogP contribution < -0.4 is 5.32 Å². The molecule has 1 aliphatic rings. The molecule has 5 nitrogen and oxygen atoms in total. The largest absolute Gasteiger partial charge is 0.334 e. The monoisotopic (exact) mass is 337 g/mol. The van der Waals surface area contributed by atoms with Gasteiger partial charge in [0.25, 0.3) is 0 Å². The van der Waals surface area contributed by atoms with Crippen molar-refractivity contribution >= 4 is 5.52 Å².